The van der Waals surface area contributed by atoms with Crippen molar-refractivity contribution >= 4 is 23.3 Å². The Balaban J connectivity index is 2.33. The molecular weight excluding hydrogens is 292 g/mol. The van der Waals surface area contributed by atoms with Crippen LogP contribution >= 0.6 is 11.6 Å². The molecule has 3 N–H and O–H groups in total. The lowest BCUT2D eigenvalue weighted by Gasteiger charge is -2.18. The minimum atomic E-state index is -0.624. The van der Waals surface area contributed by atoms with Gasteiger partial charge in [0.1, 0.15) is 11.6 Å². The van der Waals surface area contributed by atoms with Gasteiger partial charge in [-0.15, -0.1) is 0 Å². The summed E-state index contributed by atoms with van der Waals surface area (Å²) in [5.74, 6) is 0.403. The fraction of sp³-hybridized carbons (Fsp3) is 0.214. The Morgan fingerprint density at radius 2 is 2.14 bits per heavy atom. The number of methoxy groups -OCH3 is 1. The fourth-order valence-electron chi connectivity index (χ4n) is 1.96. The Labute approximate surface area is 127 Å². The van der Waals surface area contributed by atoms with Crippen LogP contribution in [-0.2, 0) is 0 Å². The number of aromatic nitrogens is 2. The number of hydrogen-bond acceptors (Lipinski definition) is 5. The maximum atomic E-state index is 11.4. The average molecular weight is 307 g/mol. The predicted octanol–water partition coefficient (Wildman–Crippen LogP) is 2.41. The molecule has 0 aliphatic rings. The van der Waals surface area contributed by atoms with E-state index in [2.05, 4.69) is 15.3 Å². The Hall–Kier alpha value is -2.34. The van der Waals surface area contributed by atoms with Gasteiger partial charge in [0.05, 0.1) is 18.7 Å². The van der Waals surface area contributed by atoms with Crippen LogP contribution in [0.25, 0.3) is 0 Å². The summed E-state index contributed by atoms with van der Waals surface area (Å²) in [5.41, 5.74) is 6.41. The number of carbonyl (C=O) groups is 1. The van der Waals surface area contributed by atoms with E-state index in [-0.39, 0.29) is 16.9 Å². The number of ether oxygens (including phenoxy) is 1. The lowest BCUT2D eigenvalue weighted by Crippen LogP contribution is -2.18. The molecule has 6 nitrogen and oxygen atoms in total. The van der Waals surface area contributed by atoms with Crippen molar-refractivity contribution in [2.45, 2.75) is 13.0 Å². The first-order valence-corrected chi connectivity index (χ1v) is 6.62. The minimum absolute atomic E-state index is 0.0368. The van der Waals surface area contributed by atoms with Crippen LogP contribution in [0.2, 0.25) is 5.28 Å². The summed E-state index contributed by atoms with van der Waals surface area (Å²) in [6, 6.07) is 7.40. The number of halogens is 1. The van der Waals surface area contributed by atoms with Crippen LogP contribution in [0, 0.1) is 0 Å². The van der Waals surface area contributed by atoms with Crippen molar-refractivity contribution in [2.24, 2.45) is 5.73 Å². The summed E-state index contributed by atoms with van der Waals surface area (Å²) in [6.45, 7) is 1.92. The molecule has 0 radical (unpaired) electrons. The van der Waals surface area contributed by atoms with Crippen molar-refractivity contribution in [3.05, 3.63) is 46.9 Å². The summed E-state index contributed by atoms with van der Waals surface area (Å²) in [6.07, 6.45) is 1.30. The van der Waals surface area contributed by atoms with Gasteiger partial charge in [-0.2, -0.15) is 4.98 Å². The first-order valence-electron chi connectivity index (χ1n) is 6.24. The SMILES string of the molecule is COc1ccccc1C(C)Nc1nc(Cl)ncc1C(N)=O. The maximum absolute atomic E-state index is 11.4. The lowest BCUT2D eigenvalue weighted by molar-refractivity contribution is 0.100. The van der Waals surface area contributed by atoms with E-state index in [1.165, 1.54) is 6.20 Å². The van der Waals surface area contributed by atoms with Crippen LogP contribution in [0.3, 0.4) is 0 Å². The summed E-state index contributed by atoms with van der Waals surface area (Å²) >= 11 is 5.77. The summed E-state index contributed by atoms with van der Waals surface area (Å²) < 4.78 is 5.32. The van der Waals surface area contributed by atoms with Crippen molar-refractivity contribution in [3.8, 4) is 5.75 Å². The van der Waals surface area contributed by atoms with Gasteiger partial charge in [0, 0.05) is 11.8 Å². The third-order valence-corrected chi connectivity index (χ3v) is 3.17. The number of nitrogens with zero attached hydrogens (tertiary/aromatic N) is 2. The maximum Gasteiger partial charge on any atom is 0.254 e. The molecule has 0 fully saturated rings. The van der Waals surface area contributed by atoms with Gasteiger partial charge in [-0.3, -0.25) is 4.79 Å². The third kappa shape index (κ3) is 3.41. The fourth-order valence-corrected chi connectivity index (χ4v) is 2.09. The number of benzene rings is 1. The second-order valence-electron chi connectivity index (χ2n) is 4.37. The summed E-state index contributed by atoms with van der Waals surface area (Å²) in [4.78, 5) is 19.2. The van der Waals surface area contributed by atoms with Crippen LogP contribution in [0.15, 0.2) is 30.5 Å². The molecule has 1 aromatic heterocycles. The van der Waals surface area contributed by atoms with E-state index in [1.54, 1.807) is 7.11 Å². The number of anilines is 1. The Morgan fingerprint density at radius 1 is 1.43 bits per heavy atom. The predicted molar refractivity (Wildman–Crippen MR) is 80.6 cm³/mol. The highest BCUT2D eigenvalue weighted by atomic mass is 35.5. The van der Waals surface area contributed by atoms with Crippen molar-refractivity contribution in [1.82, 2.24) is 9.97 Å². The van der Waals surface area contributed by atoms with Gasteiger partial charge < -0.3 is 15.8 Å². The zero-order valence-corrected chi connectivity index (χ0v) is 12.4. The van der Waals surface area contributed by atoms with Crippen LogP contribution in [0.1, 0.15) is 28.9 Å². The molecule has 21 heavy (non-hydrogen) atoms. The molecule has 0 aliphatic carbocycles. The molecule has 1 heterocycles. The Kier molecular flexibility index (Phi) is 4.59. The van der Waals surface area contributed by atoms with Crippen molar-refractivity contribution in [3.63, 3.8) is 0 Å². The number of amides is 1. The second kappa shape index (κ2) is 6.41. The van der Waals surface area contributed by atoms with Crippen LogP contribution in [-0.4, -0.2) is 23.0 Å². The largest absolute Gasteiger partial charge is 0.496 e. The summed E-state index contributed by atoms with van der Waals surface area (Å²) in [5, 5.41) is 3.14. The molecule has 1 aromatic carbocycles. The van der Waals surface area contributed by atoms with Crippen molar-refractivity contribution in [1.29, 1.82) is 0 Å². The highest BCUT2D eigenvalue weighted by Crippen LogP contribution is 2.28. The van der Waals surface area contributed by atoms with Gasteiger partial charge in [-0.25, -0.2) is 4.98 Å². The lowest BCUT2D eigenvalue weighted by atomic mass is 10.1. The van der Waals surface area contributed by atoms with Crippen LogP contribution < -0.4 is 15.8 Å². The van der Waals surface area contributed by atoms with E-state index in [0.717, 1.165) is 11.3 Å². The van der Waals surface area contributed by atoms with Gasteiger partial charge in [0.25, 0.3) is 5.91 Å². The van der Waals surface area contributed by atoms with E-state index >= 15 is 0 Å². The third-order valence-electron chi connectivity index (χ3n) is 2.98. The minimum Gasteiger partial charge on any atom is -0.496 e. The van der Waals surface area contributed by atoms with E-state index in [9.17, 15) is 4.79 Å². The van der Waals surface area contributed by atoms with E-state index in [4.69, 9.17) is 22.1 Å². The molecule has 7 heteroatoms. The zero-order chi connectivity index (χ0) is 15.4. The molecule has 0 saturated heterocycles. The molecule has 1 atom stereocenters. The number of nitrogens with two attached hydrogens (primary N) is 1. The normalized spacial score (nSPS) is 11.8. The molecule has 2 aromatic rings. The van der Waals surface area contributed by atoms with Gasteiger partial charge in [0.2, 0.25) is 5.28 Å². The molecule has 110 valence electrons. The first kappa shape index (κ1) is 15.1. The molecule has 1 unspecified atom stereocenters. The van der Waals surface area contributed by atoms with E-state index < -0.39 is 5.91 Å². The van der Waals surface area contributed by atoms with E-state index in [1.807, 2.05) is 31.2 Å². The molecule has 0 bridgehead atoms. The molecule has 2 rings (SSSR count). The van der Waals surface area contributed by atoms with Crippen LogP contribution in [0.4, 0.5) is 5.82 Å². The highest BCUT2D eigenvalue weighted by Gasteiger charge is 2.16. The van der Waals surface area contributed by atoms with Gasteiger partial charge in [-0.05, 0) is 24.6 Å². The Morgan fingerprint density at radius 3 is 2.81 bits per heavy atom. The van der Waals surface area contributed by atoms with Crippen LogP contribution in [0.5, 0.6) is 5.75 Å². The standard InChI is InChI=1S/C14H15ClN4O2/c1-8(9-5-3-4-6-11(9)21-2)18-13-10(12(16)20)7-17-14(15)19-13/h3-8H,1-2H3,(H2,16,20)(H,17,18,19). The average Bonchev–Trinajstić information content (AvgIpc) is 2.46. The van der Waals surface area contributed by atoms with Gasteiger partial charge >= 0.3 is 0 Å². The number of nitrogens with one attached hydrogen (secondary N) is 1. The Bertz CT molecular complexity index is 663. The van der Waals surface area contributed by atoms with E-state index in [0.29, 0.717) is 5.82 Å². The number of rotatable bonds is 5. The monoisotopic (exact) mass is 306 g/mol. The summed E-state index contributed by atoms with van der Waals surface area (Å²) in [7, 11) is 1.60. The molecule has 0 aliphatic heterocycles. The molecule has 0 spiro atoms. The molecular formula is C14H15ClN4O2. The number of carbonyl (C=O) groups excluding carboxylic acids is 1. The topological polar surface area (TPSA) is 90.1 Å². The number of hydrogen-bond donors (Lipinski definition) is 2. The smallest absolute Gasteiger partial charge is 0.254 e. The van der Waals surface area contributed by atoms with Crippen molar-refractivity contribution < 1.29 is 9.53 Å². The molecule has 1 amide bonds. The van der Waals surface area contributed by atoms with Gasteiger partial charge in [0.15, 0.2) is 0 Å². The zero-order valence-electron chi connectivity index (χ0n) is 11.6. The van der Waals surface area contributed by atoms with Gasteiger partial charge in [-0.1, -0.05) is 18.2 Å². The van der Waals surface area contributed by atoms with Crippen molar-refractivity contribution in [2.75, 3.05) is 12.4 Å². The second-order valence-corrected chi connectivity index (χ2v) is 4.71. The first-order chi connectivity index (χ1) is 10.0. The highest BCUT2D eigenvalue weighted by molar-refractivity contribution is 6.28. The number of primary amides is 1. The number of para-hydroxylation sites is 1. The molecule has 0 saturated carbocycles. The quantitative estimate of drug-likeness (QED) is 0.828.